The molecule has 0 spiro atoms. The topological polar surface area (TPSA) is 51.8 Å². The molecule has 0 radical (unpaired) electrons. The van der Waals surface area contributed by atoms with Crippen molar-refractivity contribution in [3.8, 4) is 45.3 Å². The summed E-state index contributed by atoms with van der Waals surface area (Å²) in [6.45, 7) is 0. The van der Waals surface area contributed by atoms with E-state index >= 15 is 0 Å². The Morgan fingerprint density at radius 1 is 0.311 bits per heavy atom. The molecule has 0 saturated heterocycles. The molecule has 0 saturated carbocycles. The van der Waals surface area contributed by atoms with Gasteiger partial charge in [0, 0.05) is 27.5 Å². The first kappa shape index (κ1) is 25.4. The maximum atomic E-state index is 6.36. The minimum atomic E-state index is 0.602. The molecule has 9 rings (SSSR count). The molecule has 0 fully saturated rings. The minimum absolute atomic E-state index is 0.602. The van der Waals surface area contributed by atoms with Crippen molar-refractivity contribution < 1.29 is 4.42 Å². The fourth-order valence-corrected chi connectivity index (χ4v) is 6.13. The average Bonchev–Trinajstić information content (AvgIpc) is 3.47. The predicted molar refractivity (Wildman–Crippen MR) is 184 cm³/mol. The molecule has 0 aliphatic rings. The minimum Gasteiger partial charge on any atom is -0.456 e. The first-order valence-electron chi connectivity index (χ1n) is 15.0. The zero-order chi connectivity index (χ0) is 29.7. The van der Waals surface area contributed by atoms with E-state index in [9.17, 15) is 0 Å². The van der Waals surface area contributed by atoms with E-state index in [1.807, 2.05) is 36.4 Å². The van der Waals surface area contributed by atoms with Crippen LogP contribution >= 0.6 is 0 Å². The highest BCUT2D eigenvalue weighted by atomic mass is 16.3. The summed E-state index contributed by atoms with van der Waals surface area (Å²) < 4.78 is 6.36. The molecular formula is C41H25N3O. The van der Waals surface area contributed by atoms with Gasteiger partial charge < -0.3 is 4.42 Å². The van der Waals surface area contributed by atoms with Crippen molar-refractivity contribution in [2.24, 2.45) is 0 Å². The fourth-order valence-electron chi connectivity index (χ4n) is 6.13. The Morgan fingerprint density at radius 2 is 0.822 bits per heavy atom. The summed E-state index contributed by atoms with van der Waals surface area (Å²) in [4.78, 5) is 14.8. The van der Waals surface area contributed by atoms with Crippen LogP contribution in [0.4, 0.5) is 0 Å². The van der Waals surface area contributed by atoms with Gasteiger partial charge in [-0.3, -0.25) is 0 Å². The molecule has 0 amide bonds. The molecule has 0 aliphatic heterocycles. The van der Waals surface area contributed by atoms with Gasteiger partial charge >= 0.3 is 0 Å². The van der Waals surface area contributed by atoms with Crippen LogP contribution in [0.25, 0.3) is 88.8 Å². The van der Waals surface area contributed by atoms with Gasteiger partial charge in [-0.2, -0.15) is 0 Å². The van der Waals surface area contributed by atoms with Crippen LogP contribution in [0.3, 0.4) is 0 Å². The number of furan rings is 1. The molecule has 7 aromatic carbocycles. The van der Waals surface area contributed by atoms with E-state index in [0.717, 1.165) is 49.6 Å². The lowest BCUT2D eigenvalue weighted by Gasteiger charge is -2.09. The second-order valence-corrected chi connectivity index (χ2v) is 11.3. The lowest BCUT2D eigenvalue weighted by atomic mass is 10.00. The van der Waals surface area contributed by atoms with Gasteiger partial charge in [0.25, 0.3) is 0 Å². The number of hydrogen-bond donors (Lipinski definition) is 0. The molecule has 45 heavy (non-hydrogen) atoms. The molecule has 4 nitrogen and oxygen atoms in total. The second kappa shape index (κ2) is 10.2. The van der Waals surface area contributed by atoms with Gasteiger partial charge in [0.15, 0.2) is 17.5 Å². The summed E-state index contributed by atoms with van der Waals surface area (Å²) in [6, 6.07) is 52.4. The molecule has 0 bridgehead atoms. The summed E-state index contributed by atoms with van der Waals surface area (Å²) in [5.74, 6) is 1.86. The molecule has 0 atom stereocenters. The molecule has 0 aliphatic carbocycles. The molecule has 210 valence electrons. The van der Waals surface area contributed by atoms with Crippen molar-refractivity contribution in [1.29, 1.82) is 0 Å². The molecule has 0 unspecified atom stereocenters. The number of aromatic nitrogens is 3. The third-order valence-corrected chi connectivity index (χ3v) is 8.49. The Kier molecular flexibility index (Phi) is 5.78. The summed E-state index contributed by atoms with van der Waals surface area (Å²) >= 11 is 0. The summed E-state index contributed by atoms with van der Waals surface area (Å²) in [7, 11) is 0. The van der Waals surface area contributed by atoms with Gasteiger partial charge in [-0.25, -0.2) is 15.0 Å². The zero-order valence-corrected chi connectivity index (χ0v) is 24.2. The molecule has 0 N–H and O–H groups in total. The quantitative estimate of drug-likeness (QED) is 0.209. The smallest absolute Gasteiger partial charge is 0.164 e. The third kappa shape index (κ3) is 4.52. The predicted octanol–water partition coefficient (Wildman–Crippen LogP) is 10.7. The van der Waals surface area contributed by atoms with Crippen molar-refractivity contribution in [3.05, 3.63) is 152 Å². The Balaban J connectivity index is 1.15. The molecule has 9 aromatic rings. The van der Waals surface area contributed by atoms with Crippen molar-refractivity contribution in [1.82, 2.24) is 15.0 Å². The van der Waals surface area contributed by atoms with E-state index in [-0.39, 0.29) is 0 Å². The molecule has 2 aromatic heterocycles. The maximum absolute atomic E-state index is 6.36. The highest BCUT2D eigenvalue weighted by molar-refractivity contribution is 6.10. The van der Waals surface area contributed by atoms with Gasteiger partial charge in [-0.1, -0.05) is 121 Å². The van der Waals surface area contributed by atoms with Crippen LogP contribution in [0.1, 0.15) is 0 Å². The number of rotatable bonds is 4. The summed E-state index contributed by atoms with van der Waals surface area (Å²) in [5.41, 5.74) is 6.73. The van der Waals surface area contributed by atoms with Gasteiger partial charge in [0.2, 0.25) is 0 Å². The van der Waals surface area contributed by atoms with E-state index in [1.165, 1.54) is 21.7 Å². The van der Waals surface area contributed by atoms with Crippen LogP contribution in [0.5, 0.6) is 0 Å². The largest absolute Gasteiger partial charge is 0.456 e. The maximum Gasteiger partial charge on any atom is 0.164 e. The standard InChI is InChI=1S/C41H25N3O/c1-2-9-28(10-3-1)39-42-40(29-17-14-27(15-18-29)33-19-16-26-8-4-5-11-30(26)22-33)44-41(43-39)34-20-21-35-36-23-31-12-6-7-13-32(31)24-38(36)45-37(35)25-34/h1-25H. The molecule has 4 heteroatoms. The van der Waals surface area contributed by atoms with Gasteiger partial charge in [-0.05, 0) is 63.0 Å². The summed E-state index contributed by atoms with van der Waals surface area (Å²) in [6.07, 6.45) is 0. The first-order chi connectivity index (χ1) is 22.2. The number of nitrogens with zero attached hydrogens (tertiary/aromatic N) is 3. The van der Waals surface area contributed by atoms with E-state index in [2.05, 4.69) is 115 Å². The van der Waals surface area contributed by atoms with Crippen LogP contribution < -0.4 is 0 Å². The van der Waals surface area contributed by atoms with Crippen molar-refractivity contribution >= 4 is 43.5 Å². The first-order valence-corrected chi connectivity index (χ1v) is 15.0. The van der Waals surface area contributed by atoms with Crippen molar-refractivity contribution in [3.63, 3.8) is 0 Å². The van der Waals surface area contributed by atoms with Crippen molar-refractivity contribution in [2.75, 3.05) is 0 Å². The Hall–Kier alpha value is -6.13. The van der Waals surface area contributed by atoms with Crippen LogP contribution in [0.2, 0.25) is 0 Å². The lowest BCUT2D eigenvalue weighted by Crippen LogP contribution is -2.00. The number of benzene rings is 7. The van der Waals surface area contributed by atoms with Crippen LogP contribution in [0.15, 0.2) is 156 Å². The van der Waals surface area contributed by atoms with Gasteiger partial charge in [0.1, 0.15) is 11.2 Å². The lowest BCUT2D eigenvalue weighted by molar-refractivity contribution is 0.669. The highest BCUT2D eigenvalue weighted by Gasteiger charge is 2.15. The molecule has 2 heterocycles. The second-order valence-electron chi connectivity index (χ2n) is 11.3. The monoisotopic (exact) mass is 575 g/mol. The number of fused-ring (bicyclic) bond motifs is 5. The van der Waals surface area contributed by atoms with Crippen LogP contribution in [-0.2, 0) is 0 Å². The highest BCUT2D eigenvalue weighted by Crippen LogP contribution is 2.35. The van der Waals surface area contributed by atoms with Crippen LogP contribution in [0, 0.1) is 0 Å². The molecular weight excluding hydrogens is 550 g/mol. The Morgan fingerprint density at radius 3 is 1.56 bits per heavy atom. The van der Waals surface area contributed by atoms with E-state index in [1.54, 1.807) is 0 Å². The van der Waals surface area contributed by atoms with E-state index in [4.69, 9.17) is 19.4 Å². The van der Waals surface area contributed by atoms with Gasteiger partial charge in [0.05, 0.1) is 0 Å². The normalized spacial score (nSPS) is 11.6. The van der Waals surface area contributed by atoms with E-state index < -0.39 is 0 Å². The SMILES string of the molecule is c1ccc(-c2nc(-c3ccc(-c4ccc5ccccc5c4)cc3)nc(-c3ccc4c(c3)oc3cc5ccccc5cc34)n2)cc1. The van der Waals surface area contributed by atoms with E-state index in [0.29, 0.717) is 17.5 Å². The van der Waals surface area contributed by atoms with Crippen molar-refractivity contribution in [2.45, 2.75) is 0 Å². The summed E-state index contributed by atoms with van der Waals surface area (Å²) in [5, 5.41) is 6.98. The zero-order valence-electron chi connectivity index (χ0n) is 24.2. The Labute approximate surface area is 259 Å². The third-order valence-electron chi connectivity index (χ3n) is 8.49. The number of hydrogen-bond acceptors (Lipinski definition) is 4. The Bertz CT molecular complexity index is 2530. The van der Waals surface area contributed by atoms with Crippen LogP contribution in [-0.4, -0.2) is 15.0 Å². The fraction of sp³-hybridized carbons (Fsp3) is 0. The van der Waals surface area contributed by atoms with Gasteiger partial charge in [-0.15, -0.1) is 0 Å². The average molecular weight is 576 g/mol.